The zero-order chi connectivity index (χ0) is 22.0. The Labute approximate surface area is 195 Å². The summed E-state index contributed by atoms with van der Waals surface area (Å²) in [5.74, 6) is 1.54. The summed E-state index contributed by atoms with van der Waals surface area (Å²) >= 11 is 3.40. The largest absolute Gasteiger partial charge is 0.457 e. The Kier molecular flexibility index (Phi) is 11.2. The highest BCUT2D eigenvalue weighted by Crippen LogP contribution is 2.65. The highest BCUT2D eigenvalue weighted by Gasteiger charge is 2.67. The van der Waals surface area contributed by atoms with Gasteiger partial charge in [0.25, 0.3) is 0 Å². The van der Waals surface area contributed by atoms with E-state index in [0.717, 1.165) is 24.0 Å². The van der Waals surface area contributed by atoms with E-state index in [1.165, 1.54) is 70.6 Å². The fourth-order valence-corrected chi connectivity index (χ4v) is 6.16. The molecule has 0 spiro atoms. The molecule has 4 heteroatoms. The third-order valence-corrected chi connectivity index (χ3v) is 8.45. The van der Waals surface area contributed by atoms with Crippen LogP contribution in [-0.2, 0) is 9.31 Å². The number of unbranched alkanes of at least 4 members (excludes halogenated alkanes) is 8. The van der Waals surface area contributed by atoms with Gasteiger partial charge in [-0.15, -0.1) is 13.2 Å². The first kappa shape index (κ1) is 26.2. The van der Waals surface area contributed by atoms with Crippen molar-refractivity contribution >= 4 is 23.0 Å². The van der Waals surface area contributed by atoms with Crippen LogP contribution in [0.2, 0.25) is 6.32 Å². The van der Waals surface area contributed by atoms with Crippen LogP contribution in [0.3, 0.4) is 0 Å². The second-order valence-corrected chi connectivity index (χ2v) is 11.2. The summed E-state index contributed by atoms with van der Waals surface area (Å²) in [7, 11) is 0.0505. The Morgan fingerprint density at radius 3 is 2.07 bits per heavy atom. The summed E-state index contributed by atoms with van der Waals surface area (Å²) in [5, 5.41) is 1.15. The number of allylic oxidation sites excluding steroid dienone is 2. The molecule has 30 heavy (non-hydrogen) atoms. The normalized spacial score (nSPS) is 30.7. The fourth-order valence-electron chi connectivity index (χ4n) is 5.77. The Morgan fingerprint density at radius 2 is 1.50 bits per heavy atom. The summed E-state index contributed by atoms with van der Waals surface area (Å²) < 4.78 is 12.7. The van der Waals surface area contributed by atoms with Gasteiger partial charge in [0.15, 0.2) is 0 Å². The zero-order valence-corrected chi connectivity index (χ0v) is 21.6. The van der Waals surface area contributed by atoms with Crippen LogP contribution in [0.5, 0.6) is 0 Å². The molecule has 172 valence electrons. The smallest absolute Gasteiger partial charge is 0.405 e. The van der Waals surface area contributed by atoms with Gasteiger partial charge in [-0.25, -0.2) is 0 Å². The predicted octanol–water partition coefficient (Wildman–Crippen LogP) is 8.37. The first-order valence-corrected chi connectivity index (χ1v) is 13.6. The Bertz CT molecular complexity index is 523. The third-order valence-electron chi connectivity index (χ3n) is 7.89. The lowest BCUT2D eigenvalue weighted by Crippen LogP contribution is -2.65. The van der Waals surface area contributed by atoms with Gasteiger partial charge in [0, 0.05) is 5.33 Å². The predicted molar refractivity (Wildman–Crippen MR) is 135 cm³/mol. The van der Waals surface area contributed by atoms with Gasteiger partial charge in [0.05, 0.1) is 11.7 Å². The maximum absolute atomic E-state index is 6.43. The topological polar surface area (TPSA) is 18.5 Å². The lowest BCUT2D eigenvalue weighted by Gasteiger charge is -2.64. The lowest BCUT2D eigenvalue weighted by atomic mass is 9.43. The Morgan fingerprint density at radius 1 is 0.900 bits per heavy atom. The average molecular weight is 481 g/mol. The van der Waals surface area contributed by atoms with E-state index in [1.54, 1.807) is 0 Å². The molecule has 2 bridgehead atoms. The lowest BCUT2D eigenvalue weighted by molar-refractivity contribution is -0.199. The van der Waals surface area contributed by atoms with E-state index in [4.69, 9.17) is 9.31 Å². The van der Waals surface area contributed by atoms with E-state index in [0.29, 0.717) is 17.4 Å². The minimum Gasteiger partial charge on any atom is -0.405 e. The van der Waals surface area contributed by atoms with Gasteiger partial charge in [-0.05, 0) is 75.4 Å². The van der Waals surface area contributed by atoms with Gasteiger partial charge >= 0.3 is 7.12 Å². The number of halogens is 1. The molecule has 3 saturated carbocycles. The molecule has 1 aliphatic heterocycles. The summed E-state index contributed by atoms with van der Waals surface area (Å²) in [6.07, 6.45) is 20.7. The van der Waals surface area contributed by atoms with Crippen molar-refractivity contribution in [2.45, 2.75) is 116 Å². The number of hydrogen-bond donors (Lipinski definition) is 0. The molecule has 2 nitrogen and oxygen atoms in total. The van der Waals surface area contributed by atoms with Crippen molar-refractivity contribution in [1.29, 1.82) is 0 Å². The first-order chi connectivity index (χ1) is 14.4. The molecule has 4 atom stereocenters. The average Bonchev–Trinajstić information content (AvgIpc) is 3.07. The summed E-state index contributed by atoms with van der Waals surface area (Å²) in [6, 6.07) is 0. The molecule has 4 rings (SSSR count). The molecular formula is C26H46BBrO2. The molecule has 1 heterocycles. The van der Waals surface area contributed by atoms with E-state index < -0.39 is 0 Å². The monoisotopic (exact) mass is 480 g/mol. The molecule has 4 unspecified atom stereocenters. The minimum absolute atomic E-state index is 0.0221. The van der Waals surface area contributed by atoms with Crippen molar-refractivity contribution in [3.8, 4) is 0 Å². The van der Waals surface area contributed by atoms with Crippen molar-refractivity contribution < 1.29 is 9.31 Å². The highest BCUT2D eigenvalue weighted by atomic mass is 79.9. The van der Waals surface area contributed by atoms with E-state index in [2.05, 4.69) is 49.9 Å². The SMILES string of the molecule is C=CCCCCCCB1OC2CC3CC(C3(C)C)C2(C)O1.C=CCCCCCCBr. The van der Waals surface area contributed by atoms with Crippen molar-refractivity contribution in [2.75, 3.05) is 5.33 Å². The second-order valence-electron chi connectivity index (χ2n) is 10.4. The summed E-state index contributed by atoms with van der Waals surface area (Å²) in [4.78, 5) is 0. The molecule has 1 saturated heterocycles. The van der Waals surface area contributed by atoms with Gasteiger partial charge in [0.2, 0.25) is 0 Å². The minimum atomic E-state index is -0.0221. The summed E-state index contributed by atoms with van der Waals surface area (Å²) in [5.41, 5.74) is 0.431. The van der Waals surface area contributed by atoms with Crippen LogP contribution in [0.4, 0.5) is 0 Å². The van der Waals surface area contributed by atoms with Crippen LogP contribution in [0.25, 0.3) is 0 Å². The first-order valence-electron chi connectivity index (χ1n) is 12.5. The molecule has 0 aromatic carbocycles. The molecular weight excluding hydrogens is 435 g/mol. The van der Waals surface area contributed by atoms with Crippen molar-refractivity contribution in [2.24, 2.45) is 17.3 Å². The van der Waals surface area contributed by atoms with Crippen LogP contribution in [0, 0.1) is 17.3 Å². The number of hydrogen-bond acceptors (Lipinski definition) is 2. The quantitative estimate of drug-likeness (QED) is 0.114. The van der Waals surface area contributed by atoms with Crippen LogP contribution in [-0.4, -0.2) is 24.2 Å². The standard InChI is InChI=1S/C18H31BO2.C8H15Br/c1-5-6-7-8-9-10-11-19-20-16-13-14-12-15(17(14,2)3)18(16,4)21-19;1-2-3-4-5-6-7-8-9/h5,14-16H,1,6-13H2,2-4H3;2H,1,3-8H2. The van der Waals surface area contributed by atoms with Crippen LogP contribution in [0.15, 0.2) is 25.3 Å². The van der Waals surface area contributed by atoms with Gasteiger partial charge in [-0.1, -0.05) is 74.0 Å². The van der Waals surface area contributed by atoms with Crippen LogP contribution < -0.4 is 0 Å². The van der Waals surface area contributed by atoms with Crippen LogP contribution >= 0.6 is 15.9 Å². The molecule has 0 N–H and O–H groups in total. The third kappa shape index (κ3) is 6.72. The van der Waals surface area contributed by atoms with Gasteiger partial charge < -0.3 is 9.31 Å². The number of rotatable bonds is 13. The molecule has 0 amide bonds. The van der Waals surface area contributed by atoms with Crippen LogP contribution in [0.1, 0.15) is 97.8 Å². The zero-order valence-electron chi connectivity index (χ0n) is 20.0. The number of alkyl halides is 1. The highest BCUT2D eigenvalue weighted by molar-refractivity contribution is 9.09. The second kappa shape index (κ2) is 12.8. The molecule has 4 aliphatic rings. The summed E-state index contributed by atoms with van der Waals surface area (Å²) in [6.45, 7) is 14.6. The Hall–Kier alpha value is -0.0551. The van der Waals surface area contributed by atoms with E-state index in [-0.39, 0.29) is 12.7 Å². The fraction of sp³-hybridized carbons (Fsp3) is 0.846. The Balaban J connectivity index is 0.000000303. The molecule has 3 aliphatic carbocycles. The molecule has 4 fully saturated rings. The molecule has 0 aromatic heterocycles. The van der Waals surface area contributed by atoms with Crippen molar-refractivity contribution in [3.05, 3.63) is 25.3 Å². The molecule has 0 aromatic rings. The molecule has 0 radical (unpaired) electrons. The van der Waals surface area contributed by atoms with Crippen molar-refractivity contribution in [1.82, 2.24) is 0 Å². The van der Waals surface area contributed by atoms with E-state index in [1.807, 2.05) is 12.2 Å². The van der Waals surface area contributed by atoms with E-state index >= 15 is 0 Å². The van der Waals surface area contributed by atoms with E-state index in [9.17, 15) is 0 Å². The maximum Gasteiger partial charge on any atom is 0.457 e. The van der Waals surface area contributed by atoms with Gasteiger partial charge in [-0.3, -0.25) is 0 Å². The maximum atomic E-state index is 6.43. The van der Waals surface area contributed by atoms with Gasteiger partial charge in [0.1, 0.15) is 0 Å². The van der Waals surface area contributed by atoms with Crippen molar-refractivity contribution in [3.63, 3.8) is 0 Å². The van der Waals surface area contributed by atoms with Gasteiger partial charge in [-0.2, -0.15) is 0 Å².